The maximum absolute atomic E-state index is 13.1. The van der Waals surface area contributed by atoms with E-state index in [0.29, 0.717) is 17.9 Å². The minimum absolute atomic E-state index is 0.0709. The highest BCUT2D eigenvalue weighted by atomic mass is 19.1. The standard InChI is InChI=1S/C19H17FN4O2/c20-14-5-3-13(4-6-14)8-24-17-15(2-1-7-21-17)16(22-24)18(25)23-9-19(10-23)11-26-12-19/h1-7H,8-12H2. The molecule has 4 heterocycles. The monoisotopic (exact) mass is 352 g/mol. The van der Waals surface area contributed by atoms with Crippen LogP contribution in [0.5, 0.6) is 0 Å². The second kappa shape index (κ2) is 5.60. The van der Waals surface area contributed by atoms with E-state index in [-0.39, 0.29) is 17.1 Å². The number of pyridine rings is 1. The molecule has 1 aromatic carbocycles. The van der Waals surface area contributed by atoms with E-state index in [2.05, 4.69) is 10.1 Å². The summed E-state index contributed by atoms with van der Waals surface area (Å²) in [4.78, 5) is 19.1. The van der Waals surface area contributed by atoms with Gasteiger partial charge in [-0.1, -0.05) is 12.1 Å². The van der Waals surface area contributed by atoms with Gasteiger partial charge in [-0.05, 0) is 29.8 Å². The van der Waals surface area contributed by atoms with Crippen LogP contribution in [-0.2, 0) is 11.3 Å². The second-order valence-electron chi connectivity index (χ2n) is 7.16. The SMILES string of the molecule is O=C(c1nn(Cc2ccc(F)cc2)c2ncccc12)N1CC2(COC2)C1. The largest absolute Gasteiger partial charge is 0.380 e. The van der Waals surface area contributed by atoms with Gasteiger partial charge in [-0.25, -0.2) is 14.1 Å². The fourth-order valence-electron chi connectivity index (χ4n) is 3.67. The Labute approximate surface area is 149 Å². The number of likely N-dealkylation sites (tertiary alicyclic amines) is 1. The lowest BCUT2D eigenvalue weighted by Gasteiger charge is -2.54. The first-order chi connectivity index (χ1) is 12.6. The number of carbonyl (C=O) groups excluding carboxylic acids is 1. The van der Waals surface area contributed by atoms with Crippen LogP contribution < -0.4 is 0 Å². The van der Waals surface area contributed by atoms with E-state index in [1.807, 2.05) is 11.0 Å². The Morgan fingerprint density at radius 2 is 1.96 bits per heavy atom. The number of benzene rings is 1. The van der Waals surface area contributed by atoms with Crippen molar-refractivity contribution in [2.75, 3.05) is 26.3 Å². The van der Waals surface area contributed by atoms with Crippen LogP contribution in [0.2, 0.25) is 0 Å². The number of amides is 1. The summed E-state index contributed by atoms with van der Waals surface area (Å²) in [6, 6.07) is 9.93. The van der Waals surface area contributed by atoms with Gasteiger partial charge >= 0.3 is 0 Å². The molecule has 7 heteroatoms. The summed E-state index contributed by atoms with van der Waals surface area (Å²) in [5, 5.41) is 5.28. The molecule has 0 N–H and O–H groups in total. The maximum atomic E-state index is 13.1. The Morgan fingerprint density at radius 1 is 1.19 bits per heavy atom. The lowest BCUT2D eigenvalue weighted by Crippen LogP contribution is -2.67. The molecule has 2 aliphatic heterocycles. The summed E-state index contributed by atoms with van der Waals surface area (Å²) in [5.74, 6) is -0.349. The molecule has 1 spiro atoms. The molecule has 26 heavy (non-hydrogen) atoms. The van der Waals surface area contributed by atoms with Gasteiger partial charge in [0.1, 0.15) is 5.82 Å². The van der Waals surface area contributed by atoms with Gasteiger partial charge in [0, 0.05) is 19.3 Å². The number of ether oxygens (including phenoxy) is 1. The zero-order valence-electron chi connectivity index (χ0n) is 14.1. The third kappa shape index (κ3) is 2.39. The molecule has 2 aromatic heterocycles. The van der Waals surface area contributed by atoms with Crippen LogP contribution in [0.3, 0.4) is 0 Å². The number of hydrogen-bond acceptors (Lipinski definition) is 4. The van der Waals surface area contributed by atoms with Crippen LogP contribution >= 0.6 is 0 Å². The highest BCUT2D eigenvalue weighted by molar-refractivity contribution is 6.04. The summed E-state index contributed by atoms with van der Waals surface area (Å²) in [5.41, 5.74) is 2.14. The molecule has 2 fully saturated rings. The minimum atomic E-state index is -0.278. The van der Waals surface area contributed by atoms with E-state index in [4.69, 9.17) is 4.74 Å². The molecule has 0 radical (unpaired) electrons. The van der Waals surface area contributed by atoms with Crippen molar-refractivity contribution in [2.24, 2.45) is 5.41 Å². The fraction of sp³-hybridized carbons (Fsp3) is 0.316. The molecular formula is C19H17FN4O2. The molecule has 3 aromatic rings. The second-order valence-corrected chi connectivity index (χ2v) is 7.16. The van der Waals surface area contributed by atoms with Gasteiger partial charge < -0.3 is 9.64 Å². The minimum Gasteiger partial charge on any atom is -0.380 e. The average molecular weight is 352 g/mol. The Balaban J connectivity index is 1.46. The molecule has 5 rings (SSSR count). The average Bonchev–Trinajstić information content (AvgIpc) is 2.93. The molecule has 1 amide bonds. The Kier molecular flexibility index (Phi) is 3.33. The van der Waals surface area contributed by atoms with Crippen molar-refractivity contribution in [2.45, 2.75) is 6.54 Å². The van der Waals surface area contributed by atoms with Crippen molar-refractivity contribution in [1.29, 1.82) is 0 Å². The first-order valence-corrected chi connectivity index (χ1v) is 8.57. The summed E-state index contributed by atoms with van der Waals surface area (Å²) < 4.78 is 20.1. The van der Waals surface area contributed by atoms with Gasteiger partial charge in [-0.15, -0.1) is 0 Å². The topological polar surface area (TPSA) is 60.2 Å². The predicted molar refractivity (Wildman–Crippen MR) is 92.2 cm³/mol. The zero-order valence-corrected chi connectivity index (χ0v) is 14.1. The highest BCUT2D eigenvalue weighted by Gasteiger charge is 2.51. The van der Waals surface area contributed by atoms with Crippen molar-refractivity contribution in [3.63, 3.8) is 0 Å². The number of nitrogens with zero attached hydrogens (tertiary/aromatic N) is 4. The van der Waals surface area contributed by atoms with Crippen LogP contribution in [0.4, 0.5) is 4.39 Å². The zero-order chi connectivity index (χ0) is 17.7. The molecule has 0 atom stereocenters. The number of carbonyl (C=O) groups is 1. The molecule has 2 aliphatic rings. The van der Waals surface area contributed by atoms with Crippen LogP contribution in [0.25, 0.3) is 11.0 Å². The van der Waals surface area contributed by atoms with E-state index in [9.17, 15) is 9.18 Å². The summed E-state index contributed by atoms with van der Waals surface area (Å²) >= 11 is 0. The fourth-order valence-corrected chi connectivity index (χ4v) is 3.67. The van der Waals surface area contributed by atoms with Crippen LogP contribution in [0.1, 0.15) is 16.1 Å². The van der Waals surface area contributed by atoms with E-state index >= 15 is 0 Å². The maximum Gasteiger partial charge on any atom is 0.275 e. The number of halogens is 1. The van der Waals surface area contributed by atoms with Gasteiger partial charge in [0.05, 0.1) is 30.6 Å². The summed E-state index contributed by atoms with van der Waals surface area (Å²) in [7, 11) is 0. The summed E-state index contributed by atoms with van der Waals surface area (Å²) in [6.07, 6.45) is 1.68. The van der Waals surface area contributed by atoms with Crippen molar-refractivity contribution in [3.8, 4) is 0 Å². The quantitative estimate of drug-likeness (QED) is 0.724. The first-order valence-electron chi connectivity index (χ1n) is 8.57. The van der Waals surface area contributed by atoms with Crippen molar-refractivity contribution in [1.82, 2.24) is 19.7 Å². The van der Waals surface area contributed by atoms with E-state index in [0.717, 1.165) is 37.3 Å². The molecular weight excluding hydrogens is 335 g/mol. The normalized spacial score (nSPS) is 18.0. The molecule has 132 valence electrons. The third-order valence-electron chi connectivity index (χ3n) is 5.11. The van der Waals surface area contributed by atoms with Crippen LogP contribution in [0, 0.1) is 11.2 Å². The van der Waals surface area contributed by atoms with Crippen molar-refractivity contribution in [3.05, 3.63) is 59.7 Å². The van der Waals surface area contributed by atoms with Gasteiger partial charge in [-0.3, -0.25) is 4.79 Å². The van der Waals surface area contributed by atoms with Crippen LogP contribution in [-0.4, -0.2) is 51.9 Å². The summed E-state index contributed by atoms with van der Waals surface area (Å²) in [6.45, 7) is 3.34. The Hall–Kier alpha value is -2.80. The van der Waals surface area contributed by atoms with Gasteiger partial charge in [-0.2, -0.15) is 5.10 Å². The Morgan fingerprint density at radius 3 is 2.65 bits per heavy atom. The lowest BCUT2D eigenvalue weighted by atomic mass is 9.78. The molecule has 0 bridgehead atoms. The number of aromatic nitrogens is 3. The van der Waals surface area contributed by atoms with Crippen LogP contribution in [0.15, 0.2) is 42.6 Å². The smallest absolute Gasteiger partial charge is 0.275 e. The van der Waals surface area contributed by atoms with Crippen molar-refractivity contribution >= 4 is 16.9 Å². The van der Waals surface area contributed by atoms with Gasteiger partial charge in [0.25, 0.3) is 5.91 Å². The third-order valence-corrected chi connectivity index (χ3v) is 5.11. The molecule has 2 saturated heterocycles. The number of rotatable bonds is 3. The van der Waals surface area contributed by atoms with Gasteiger partial charge in [0.2, 0.25) is 0 Å². The predicted octanol–water partition coefficient (Wildman–Crippen LogP) is 2.09. The van der Waals surface area contributed by atoms with Crippen molar-refractivity contribution < 1.29 is 13.9 Å². The van der Waals surface area contributed by atoms with Gasteiger partial charge in [0.15, 0.2) is 11.3 Å². The number of hydrogen-bond donors (Lipinski definition) is 0. The van der Waals surface area contributed by atoms with E-state index in [1.165, 1.54) is 12.1 Å². The number of fused-ring (bicyclic) bond motifs is 1. The van der Waals surface area contributed by atoms with E-state index < -0.39 is 0 Å². The first kappa shape index (κ1) is 15.5. The Bertz CT molecular complexity index is 986. The molecule has 6 nitrogen and oxygen atoms in total. The molecule has 0 aliphatic carbocycles. The lowest BCUT2D eigenvalue weighted by molar-refractivity contribution is -0.176. The molecule has 0 unspecified atom stereocenters. The van der Waals surface area contributed by atoms with E-state index in [1.54, 1.807) is 29.1 Å². The highest BCUT2D eigenvalue weighted by Crippen LogP contribution is 2.38. The molecule has 0 saturated carbocycles.